The van der Waals surface area contributed by atoms with Gasteiger partial charge in [-0.25, -0.2) is 9.97 Å². The van der Waals surface area contributed by atoms with Crippen molar-refractivity contribution in [1.82, 2.24) is 20.6 Å². The summed E-state index contributed by atoms with van der Waals surface area (Å²) in [6.07, 6.45) is 7.84. The van der Waals surface area contributed by atoms with Crippen LogP contribution in [0.3, 0.4) is 0 Å². The maximum atomic E-state index is 6.10. The molecule has 33 heavy (non-hydrogen) atoms. The van der Waals surface area contributed by atoms with Gasteiger partial charge in [0, 0.05) is 17.8 Å². The van der Waals surface area contributed by atoms with Gasteiger partial charge < -0.3 is 30.2 Å². The van der Waals surface area contributed by atoms with E-state index in [2.05, 4.69) is 20.9 Å². The molecule has 3 N–H and O–H groups in total. The molecule has 4 atom stereocenters. The van der Waals surface area contributed by atoms with Gasteiger partial charge >= 0.3 is 0 Å². The van der Waals surface area contributed by atoms with Gasteiger partial charge in [-0.3, -0.25) is 0 Å². The molecule has 2 saturated heterocycles. The van der Waals surface area contributed by atoms with Crippen LogP contribution in [0.15, 0.2) is 36.5 Å². The van der Waals surface area contributed by atoms with Crippen LogP contribution in [0, 0.1) is 0 Å². The molecule has 5 rings (SSSR count). The van der Waals surface area contributed by atoms with Crippen molar-refractivity contribution in [3.63, 3.8) is 0 Å². The Labute approximate surface area is 199 Å². The molecular formula is C24H31N5O3S. The summed E-state index contributed by atoms with van der Waals surface area (Å²) in [6, 6.07) is 10.2. The number of methoxy groups -OCH3 is 1. The molecule has 9 heteroatoms. The number of aromatic nitrogens is 2. The number of benzene rings is 1. The van der Waals surface area contributed by atoms with Crippen LogP contribution in [0.5, 0.6) is 5.75 Å². The molecule has 0 bridgehead atoms. The van der Waals surface area contributed by atoms with E-state index >= 15 is 0 Å². The molecule has 3 heterocycles. The van der Waals surface area contributed by atoms with E-state index in [4.69, 9.17) is 31.4 Å². The Morgan fingerprint density at radius 1 is 1.00 bits per heavy atom. The summed E-state index contributed by atoms with van der Waals surface area (Å²) >= 11 is 5.57. The molecule has 0 unspecified atom stereocenters. The van der Waals surface area contributed by atoms with Gasteiger partial charge in [0.2, 0.25) is 5.95 Å². The van der Waals surface area contributed by atoms with Crippen LogP contribution in [-0.4, -0.2) is 65.7 Å². The Bertz CT molecular complexity index is 971. The standard InChI is InChI=1S/C24H31N5O3S/c1-30-20-10-6-5-9-16(20)17-11-12-25-23(27-17)28-18-13-31-22-19(14-32-21(18)22)29-24(33)26-15-7-3-2-4-8-15/h5-6,9-12,15,18-19,21-22H,2-4,7-8,13-14H2,1H3,(H,25,27,28)(H2,26,29,33)/t18-,19+,21-,22+/m1/s1. The van der Waals surface area contributed by atoms with Crippen LogP contribution in [0.4, 0.5) is 5.95 Å². The van der Waals surface area contributed by atoms with Gasteiger partial charge in [0.15, 0.2) is 5.11 Å². The SMILES string of the molecule is COc1ccccc1-c1ccnc(N[C@@H]2CO[C@@H]3[C@@H]2OC[C@@H]3NC(=S)NC2CCCCC2)n1. The minimum atomic E-state index is -0.0847. The number of anilines is 1. The number of para-hydroxylation sites is 1. The zero-order valence-electron chi connectivity index (χ0n) is 18.8. The molecule has 3 fully saturated rings. The number of hydrogen-bond donors (Lipinski definition) is 3. The van der Waals surface area contributed by atoms with Crippen molar-refractivity contribution in [1.29, 1.82) is 0 Å². The molecule has 8 nitrogen and oxygen atoms in total. The van der Waals surface area contributed by atoms with Crippen molar-refractivity contribution in [2.45, 2.75) is 62.4 Å². The maximum Gasteiger partial charge on any atom is 0.223 e. The number of hydrogen-bond acceptors (Lipinski definition) is 7. The average Bonchev–Trinajstić information content (AvgIpc) is 3.43. The zero-order valence-corrected chi connectivity index (χ0v) is 19.6. The first kappa shape index (κ1) is 22.3. The molecular weight excluding hydrogens is 438 g/mol. The first-order valence-electron chi connectivity index (χ1n) is 11.7. The summed E-state index contributed by atoms with van der Waals surface area (Å²) in [7, 11) is 1.66. The molecule has 0 radical (unpaired) electrons. The molecule has 2 aromatic rings. The summed E-state index contributed by atoms with van der Waals surface area (Å²) in [4.78, 5) is 9.11. The Morgan fingerprint density at radius 2 is 1.76 bits per heavy atom. The van der Waals surface area contributed by atoms with Gasteiger partial charge in [-0.15, -0.1) is 0 Å². The van der Waals surface area contributed by atoms with Gasteiger partial charge in [-0.2, -0.15) is 0 Å². The van der Waals surface area contributed by atoms with Crippen molar-refractivity contribution >= 4 is 23.3 Å². The summed E-state index contributed by atoms with van der Waals surface area (Å²) < 4.78 is 17.7. The van der Waals surface area contributed by atoms with E-state index in [-0.39, 0.29) is 24.3 Å². The largest absolute Gasteiger partial charge is 0.496 e. The first-order valence-corrected chi connectivity index (χ1v) is 12.2. The summed E-state index contributed by atoms with van der Waals surface area (Å²) in [6.45, 7) is 1.08. The Morgan fingerprint density at radius 3 is 2.58 bits per heavy atom. The van der Waals surface area contributed by atoms with Crippen LogP contribution < -0.4 is 20.7 Å². The van der Waals surface area contributed by atoms with E-state index in [1.165, 1.54) is 32.1 Å². The van der Waals surface area contributed by atoms with Crippen LogP contribution in [0.2, 0.25) is 0 Å². The number of nitrogens with zero attached hydrogens (tertiary/aromatic N) is 2. The predicted molar refractivity (Wildman–Crippen MR) is 130 cm³/mol. The second-order valence-electron chi connectivity index (χ2n) is 8.87. The summed E-state index contributed by atoms with van der Waals surface area (Å²) in [5.41, 5.74) is 1.72. The van der Waals surface area contributed by atoms with Gasteiger partial charge in [-0.05, 0) is 43.3 Å². The van der Waals surface area contributed by atoms with E-state index in [1.807, 2.05) is 30.3 Å². The number of rotatable bonds is 6. The maximum absolute atomic E-state index is 6.10. The molecule has 1 saturated carbocycles. The van der Waals surface area contributed by atoms with Gasteiger partial charge in [-0.1, -0.05) is 31.4 Å². The van der Waals surface area contributed by atoms with Gasteiger partial charge in [0.25, 0.3) is 0 Å². The van der Waals surface area contributed by atoms with Crippen molar-refractivity contribution < 1.29 is 14.2 Å². The topological polar surface area (TPSA) is 89.6 Å². The summed E-state index contributed by atoms with van der Waals surface area (Å²) in [5.74, 6) is 1.32. The zero-order chi connectivity index (χ0) is 22.6. The second-order valence-corrected chi connectivity index (χ2v) is 9.28. The molecule has 1 aromatic heterocycles. The van der Waals surface area contributed by atoms with Crippen LogP contribution >= 0.6 is 12.2 Å². The Hall–Kier alpha value is -2.49. The average molecular weight is 470 g/mol. The van der Waals surface area contributed by atoms with Crippen LogP contribution in [0.1, 0.15) is 32.1 Å². The third-order valence-electron chi connectivity index (χ3n) is 6.66. The lowest BCUT2D eigenvalue weighted by Gasteiger charge is -2.26. The fourth-order valence-corrected chi connectivity index (χ4v) is 5.31. The highest BCUT2D eigenvalue weighted by molar-refractivity contribution is 7.80. The Balaban J connectivity index is 1.19. The second kappa shape index (κ2) is 10.2. The smallest absolute Gasteiger partial charge is 0.223 e. The van der Waals surface area contributed by atoms with Crippen molar-refractivity contribution in [2.75, 3.05) is 25.6 Å². The Kier molecular flexibility index (Phi) is 6.89. The third-order valence-corrected chi connectivity index (χ3v) is 6.90. The lowest BCUT2D eigenvalue weighted by molar-refractivity contribution is 0.0688. The molecule has 2 aliphatic heterocycles. The van der Waals surface area contributed by atoms with Crippen molar-refractivity contribution in [3.05, 3.63) is 36.5 Å². The lowest BCUT2D eigenvalue weighted by atomic mass is 9.96. The van der Waals surface area contributed by atoms with Crippen LogP contribution in [-0.2, 0) is 9.47 Å². The quantitative estimate of drug-likeness (QED) is 0.553. The molecule has 0 spiro atoms. The highest BCUT2D eigenvalue weighted by Crippen LogP contribution is 2.31. The number of thiocarbonyl (C=S) groups is 1. The molecule has 0 amide bonds. The van der Waals surface area contributed by atoms with Crippen LogP contribution in [0.25, 0.3) is 11.3 Å². The fraction of sp³-hybridized carbons (Fsp3) is 0.542. The summed E-state index contributed by atoms with van der Waals surface area (Å²) in [5, 5.41) is 11.0. The minimum Gasteiger partial charge on any atom is -0.496 e. The highest BCUT2D eigenvalue weighted by Gasteiger charge is 2.48. The number of nitrogens with one attached hydrogen (secondary N) is 3. The minimum absolute atomic E-state index is 0.0328. The van der Waals surface area contributed by atoms with E-state index in [0.717, 1.165) is 17.0 Å². The van der Waals surface area contributed by atoms with Crippen molar-refractivity contribution in [2.24, 2.45) is 0 Å². The predicted octanol–water partition coefficient (Wildman–Crippen LogP) is 2.90. The van der Waals surface area contributed by atoms with E-state index < -0.39 is 0 Å². The first-order chi connectivity index (χ1) is 16.2. The fourth-order valence-electron chi connectivity index (χ4n) is 4.99. The molecule has 1 aliphatic carbocycles. The van der Waals surface area contributed by atoms with E-state index in [0.29, 0.717) is 30.3 Å². The molecule has 176 valence electrons. The van der Waals surface area contributed by atoms with Crippen molar-refractivity contribution in [3.8, 4) is 17.0 Å². The third kappa shape index (κ3) is 5.05. The molecule has 3 aliphatic rings. The number of fused-ring (bicyclic) bond motifs is 1. The van der Waals surface area contributed by atoms with E-state index in [1.54, 1.807) is 13.3 Å². The normalized spacial score (nSPS) is 27.1. The highest BCUT2D eigenvalue weighted by atomic mass is 32.1. The van der Waals surface area contributed by atoms with E-state index in [9.17, 15) is 0 Å². The number of ether oxygens (including phenoxy) is 3. The monoisotopic (exact) mass is 469 g/mol. The van der Waals surface area contributed by atoms with Gasteiger partial charge in [0.1, 0.15) is 18.0 Å². The van der Waals surface area contributed by atoms with Gasteiger partial charge in [0.05, 0.1) is 38.1 Å². The lowest BCUT2D eigenvalue weighted by Crippen LogP contribution is -2.51. The molecule has 1 aromatic carbocycles.